The van der Waals surface area contributed by atoms with Crippen LogP contribution in [0.4, 0.5) is 0 Å². The van der Waals surface area contributed by atoms with Gasteiger partial charge in [0.15, 0.2) is 0 Å². The molecule has 0 radical (unpaired) electrons. The van der Waals surface area contributed by atoms with Crippen molar-refractivity contribution in [3.63, 3.8) is 0 Å². The summed E-state index contributed by atoms with van der Waals surface area (Å²) < 4.78 is 0. The van der Waals surface area contributed by atoms with Crippen LogP contribution in [0.1, 0.15) is 53.6 Å². The minimum absolute atomic E-state index is 0.0638. The lowest BCUT2D eigenvalue weighted by atomic mass is 10.0. The second-order valence-electron chi connectivity index (χ2n) is 5.55. The maximum Gasteiger partial charge on any atom is 0.251 e. The molecule has 1 fully saturated rings. The summed E-state index contributed by atoms with van der Waals surface area (Å²) in [6, 6.07) is 6.25. The van der Waals surface area contributed by atoms with Crippen LogP contribution in [0.25, 0.3) is 0 Å². The largest absolute Gasteiger partial charge is 0.348 e. The number of carbonyl (C=O) groups excluding carboxylic acids is 1. The van der Waals surface area contributed by atoms with Crippen molar-refractivity contribution in [2.45, 2.75) is 56.8 Å². The highest BCUT2D eigenvalue weighted by atomic mass is 79.9. The van der Waals surface area contributed by atoms with Gasteiger partial charge in [0, 0.05) is 16.4 Å². The van der Waals surface area contributed by atoms with Crippen LogP contribution in [-0.4, -0.2) is 16.8 Å². The first kappa shape index (κ1) is 14.6. The molecule has 1 aromatic carbocycles. The third kappa shape index (κ3) is 3.82. The zero-order valence-electron chi connectivity index (χ0n) is 11.7. The first-order valence-electron chi connectivity index (χ1n) is 7.10. The molecule has 19 heavy (non-hydrogen) atoms. The van der Waals surface area contributed by atoms with Crippen molar-refractivity contribution in [3.05, 3.63) is 34.9 Å². The number of hydrogen-bond donors (Lipinski definition) is 1. The van der Waals surface area contributed by atoms with Crippen molar-refractivity contribution < 1.29 is 4.79 Å². The van der Waals surface area contributed by atoms with Crippen LogP contribution in [0.15, 0.2) is 18.2 Å². The molecule has 3 heteroatoms. The van der Waals surface area contributed by atoms with Gasteiger partial charge in [-0.2, -0.15) is 0 Å². The molecule has 0 heterocycles. The van der Waals surface area contributed by atoms with Crippen molar-refractivity contribution in [1.29, 1.82) is 0 Å². The summed E-state index contributed by atoms with van der Waals surface area (Å²) in [7, 11) is 0. The van der Waals surface area contributed by atoms with Gasteiger partial charge in [-0.3, -0.25) is 4.79 Å². The van der Waals surface area contributed by atoms with Crippen molar-refractivity contribution in [2.75, 3.05) is 0 Å². The summed E-state index contributed by atoms with van der Waals surface area (Å²) in [6.45, 7) is 4.05. The highest BCUT2D eigenvalue weighted by Crippen LogP contribution is 2.24. The Labute approximate surface area is 124 Å². The molecular weight excluding hydrogens is 302 g/mol. The van der Waals surface area contributed by atoms with Crippen molar-refractivity contribution in [1.82, 2.24) is 5.32 Å². The SMILES string of the molecule is Cc1ccc(C(=O)NC2CCCCCC2Br)c(C)c1. The zero-order chi connectivity index (χ0) is 13.8. The average Bonchev–Trinajstić information content (AvgIpc) is 2.55. The second-order valence-corrected chi connectivity index (χ2v) is 6.73. The quantitative estimate of drug-likeness (QED) is 0.643. The van der Waals surface area contributed by atoms with Gasteiger partial charge < -0.3 is 5.32 Å². The van der Waals surface area contributed by atoms with E-state index in [1.165, 1.54) is 24.8 Å². The van der Waals surface area contributed by atoms with Crippen LogP contribution in [0.5, 0.6) is 0 Å². The molecule has 1 amide bonds. The molecule has 2 rings (SSSR count). The molecule has 1 aromatic rings. The van der Waals surface area contributed by atoms with E-state index in [1.54, 1.807) is 0 Å². The van der Waals surface area contributed by atoms with Crippen LogP contribution < -0.4 is 5.32 Å². The van der Waals surface area contributed by atoms with Crippen LogP contribution in [-0.2, 0) is 0 Å². The molecule has 2 unspecified atom stereocenters. The lowest BCUT2D eigenvalue weighted by Gasteiger charge is -2.22. The Bertz CT molecular complexity index is 458. The Morgan fingerprint density at radius 3 is 2.68 bits per heavy atom. The highest BCUT2D eigenvalue weighted by molar-refractivity contribution is 9.09. The van der Waals surface area contributed by atoms with Gasteiger partial charge in [0.05, 0.1) is 0 Å². The van der Waals surface area contributed by atoms with Crippen LogP contribution in [0.2, 0.25) is 0 Å². The predicted octanol–water partition coefficient (Wildman–Crippen LogP) is 4.13. The van der Waals surface area contributed by atoms with Crippen molar-refractivity contribution >= 4 is 21.8 Å². The van der Waals surface area contributed by atoms with E-state index in [0.29, 0.717) is 4.83 Å². The van der Waals surface area contributed by atoms with Crippen LogP contribution >= 0.6 is 15.9 Å². The van der Waals surface area contributed by atoms with E-state index in [0.717, 1.165) is 24.0 Å². The molecule has 0 bridgehead atoms. The number of benzene rings is 1. The topological polar surface area (TPSA) is 29.1 Å². The molecule has 0 saturated heterocycles. The second kappa shape index (κ2) is 6.56. The highest BCUT2D eigenvalue weighted by Gasteiger charge is 2.23. The van der Waals surface area contributed by atoms with Gasteiger partial charge in [-0.15, -0.1) is 0 Å². The maximum absolute atomic E-state index is 12.4. The van der Waals surface area contributed by atoms with E-state index in [4.69, 9.17) is 0 Å². The fraction of sp³-hybridized carbons (Fsp3) is 0.562. The molecule has 1 saturated carbocycles. The number of aryl methyl sites for hydroxylation is 2. The van der Waals surface area contributed by atoms with Crippen LogP contribution in [0.3, 0.4) is 0 Å². The number of halogens is 1. The molecule has 1 aliphatic carbocycles. The number of amides is 1. The molecule has 2 atom stereocenters. The Hall–Kier alpha value is -0.830. The Balaban J connectivity index is 2.07. The van der Waals surface area contributed by atoms with E-state index >= 15 is 0 Å². The van der Waals surface area contributed by atoms with Gasteiger partial charge in [0.2, 0.25) is 0 Å². The summed E-state index contributed by atoms with van der Waals surface area (Å²) in [4.78, 5) is 12.8. The molecule has 0 aliphatic heterocycles. The zero-order valence-corrected chi connectivity index (χ0v) is 13.3. The number of carbonyl (C=O) groups is 1. The number of rotatable bonds is 2. The van der Waals surface area contributed by atoms with Gasteiger partial charge in [-0.25, -0.2) is 0 Å². The molecule has 1 N–H and O–H groups in total. The van der Waals surface area contributed by atoms with E-state index in [9.17, 15) is 4.79 Å². The third-order valence-electron chi connectivity index (χ3n) is 3.87. The van der Waals surface area contributed by atoms with E-state index in [1.807, 2.05) is 19.1 Å². The standard InChI is InChI=1S/C16H22BrNO/c1-11-8-9-13(12(2)10-11)16(19)18-15-7-5-3-4-6-14(15)17/h8-10,14-15H,3-7H2,1-2H3,(H,18,19). The van der Waals surface area contributed by atoms with Gasteiger partial charge >= 0.3 is 0 Å². The van der Waals surface area contributed by atoms with Gasteiger partial charge in [0.25, 0.3) is 5.91 Å². The van der Waals surface area contributed by atoms with E-state index in [2.05, 4.69) is 34.2 Å². The molecular formula is C16H22BrNO. The van der Waals surface area contributed by atoms with E-state index < -0.39 is 0 Å². The molecule has 1 aliphatic rings. The minimum Gasteiger partial charge on any atom is -0.348 e. The summed E-state index contributed by atoms with van der Waals surface area (Å²) in [6.07, 6.45) is 5.97. The first-order valence-corrected chi connectivity index (χ1v) is 8.01. The van der Waals surface area contributed by atoms with Crippen molar-refractivity contribution in [3.8, 4) is 0 Å². The summed E-state index contributed by atoms with van der Waals surface area (Å²) >= 11 is 3.72. The monoisotopic (exact) mass is 323 g/mol. The normalized spacial score (nSPS) is 23.7. The van der Waals surface area contributed by atoms with Crippen molar-refractivity contribution in [2.24, 2.45) is 0 Å². The Morgan fingerprint density at radius 2 is 1.95 bits per heavy atom. The fourth-order valence-electron chi connectivity index (χ4n) is 2.74. The first-order chi connectivity index (χ1) is 9.08. The lowest BCUT2D eigenvalue weighted by Crippen LogP contribution is -2.40. The third-order valence-corrected chi connectivity index (χ3v) is 4.97. The molecule has 0 spiro atoms. The summed E-state index contributed by atoms with van der Waals surface area (Å²) in [5, 5.41) is 3.20. The van der Waals surface area contributed by atoms with Gasteiger partial charge in [-0.1, -0.05) is 52.9 Å². The minimum atomic E-state index is 0.0638. The molecule has 2 nitrogen and oxygen atoms in total. The fourth-order valence-corrected chi connectivity index (χ4v) is 3.46. The predicted molar refractivity (Wildman–Crippen MR) is 83.0 cm³/mol. The molecule has 104 valence electrons. The van der Waals surface area contributed by atoms with Crippen LogP contribution in [0, 0.1) is 13.8 Å². The Kier molecular flexibility index (Phi) is 5.03. The Morgan fingerprint density at radius 1 is 1.21 bits per heavy atom. The lowest BCUT2D eigenvalue weighted by molar-refractivity contribution is 0.0934. The van der Waals surface area contributed by atoms with E-state index in [-0.39, 0.29) is 11.9 Å². The molecule has 0 aromatic heterocycles. The number of nitrogens with one attached hydrogen (secondary N) is 1. The number of hydrogen-bond acceptors (Lipinski definition) is 1. The maximum atomic E-state index is 12.4. The summed E-state index contributed by atoms with van der Waals surface area (Å²) in [5.74, 6) is 0.0638. The van der Waals surface area contributed by atoms with Gasteiger partial charge in [0.1, 0.15) is 0 Å². The number of alkyl halides is 1. The average molecular weight is 324 g/mol. The smallest absolute Gasteiger partial charge is 0.251 e. The summed E-state index contributed by atoms with van der Waals surface area (Å²) in [5.41, 5.74) is 3.05. The van der Waals surface area contributed by atoms with Gasteiger partial charge in [-0.05, 0) is 38.3 Å².